The number of benzene rings is 1. The molecule has 1 unspecified atom stereocenters. The van der Waals surface area contributed by atoms with Crippen LogP contribution in [0, 0.1) is 5.41 Å². The smallest absolute Gasteiger partial charge is 0.138 e. The maximum atomic E-state index is 10.9. The van der Waals surface area contributed by atoms with Crippen LogP contribution in [-0.4, -0.2) is 74.0 Å². The Bertz CT molecular complexity index is 1040. The molecule has 3 rings (SSSR count). The summed E-state index contributed by atoms with van der Waals surface area (Å²) in [6, 6.07) is 7.82. The normalized spacial score (nSPS) is 13.3. The largest absolute Gasteiger partial charge is 0.386 e. The number of hydrogen-bond donors (Lipinski definition) is 1. The first kappa shape index (κ1) is 27.7. The number of unbranched alkanes of at least 4 members (excludes halogenated alkanes) is 1. The van der Waals surface area contributed by atoms with Gasteiger partial charge < -0.3 is 19.3 Å². The monoisotopic (exact) mass is 498 g/mol. The van der Waals surface area contributed by atoms with Crippen molar-refractivity contribution >= 4 is 11.8 Å². The van der Waals surface area contributed by atoms with Gasteiger partial charge in [-0.15, -0.1) is 5.10 Å². The van der Waals surface area contributed by atoms with E-state index >= 15 is 0 Å². The number of ether oxygens (including phenoxy) is 3. The van der Waals surface area contributed by atoms with Crippen molar-refractivity contribution in [2.75, 3.05) is 33.0 Å². The summed E-state index contributed by atoms with van der Waals surface area (Å²) >= 11 is 0. The lowest BCUT2D eigenvalue weighted by molar-refractivity contribution is 0.00964. The molecule has 1 N–H and O–H groups in total. The van der Waals surface area contributed by atoms with Gasteiger partial charge in [-0.1, -0.05) is 51.5 Å². The minimum atomic E-state index is -0.721. The molecule has 0 aliphatic heterocycles. The number of aromatic nitrogens is 6. The van der Waals surface area contributed by atoms with Crippen molar-refractivity contribution in [2.45, 2.75) is 53.2 Å². The zero-order chi connectivity index (χ0) is 25.8. The molecular formula is C26H38N6O4. The fourth-order valence-electron chi connectivity index (χ4n) is 3.30. The fourth-order valence-corrected chi connectivity index (χ4v) is 3.30. The highest BCUT2D eigenvalue weighted by atomic mass is 16.5. The molecule has 1 atom stereocenters. The summed E-state index contributed by atoms with van der Waals surface area (Å²) in [5.74, 6) is 0. The van der Waals surface area contributed by atoms with E-state index in [1.165, 1.54) is 6.33 Å². The van der Waals surface area contributed by atoms with Gasteiger partial charge in [-0.2, -0.15) is 5.10 Å². The molecule has 196 valence electrons. The number of aliphatic hydroxyl groups is 1. The van der Waals surface area contributed by atoms with Gasteiger partial charge in [0.2, 0.25) is 0 Å². The van der Waals surface area contributed by atoms with Crippen molar-refractivity contribution in [3.8, 4) is 5.69 Å². The summed E-state index contributed by atoms with van der Waals surface area (Å²) < 4.78 is 19.9. The fraction of sp³-hybridized carbons (Fsp3) is 0.538. The number of aliphatic hydroxyl groups excluding tert-OH is 1. The number of rotatable bonds is 15. The molecule has 0 saturated carbocycles. The van der Waals surface area contributed by atoms with Crippen molar-refractivity contribution in [2.24, 2.45) is 5.41 Å². The van der Waals surface area contributed by atoms with Crippen LogP contribution in [0.15, 0.2) is 43.1 Å². The lowest BCUT2D eigenvalue weighted by Gasteiger charge is -2.28. The summed E-state index contributed by atoms with van der Waals surface area (Å²) in [5.41, 5.74) is 2.83. The van der Waals surface area contributed by atoms with Gasteiger partial charge in [0.15, 0.2) is 0 Å². The van der Waals surface area contributed by atoms with Crippen LogP contribution in [-0.2, 0) is 20.8 Å². The van der Waals surface area contributed by atoms with Crippen LogP contribution < -0.4 is 0 Å². The van der Waals surface area contributed by atoms with E-state index in [9.17, 15) is 5.11 Å². The predicted molar refractivity (Wildman–Crippen MR) is 137 cm³/mol. The van der Waals surface area contributed by atoms with Crippen LogP contribution in [0.25, 0.3) is 17.5 Å². The molecule has 0 amide bonds. The highest BCUT2D eigenvalue weighted by Gasteiger charge is 2.27. The van der Waals surface area contributed by atoms with E-state index in [0.29, 0.717) is 38.7 Å². The highest BCUT2D eigenvalue weighted by molar-refractivity contribution is 5.73. The van der Waals surface area contributed by atoms with Gasteiger partial charge in [-0.25, -0.2) is 14.3 Å². The van der Waals surface area contributed by atoms with Crippen molar-refractivity contribution in [1.82, 2.24) is 29.8 Å². The van der Waals surface area contributed by atoms with E-state index in [1.807, 2.05) is 57.3 Å². The second kappa shape index (κ2) is 14.0. The predicted octanol–water partition coefficient (Wildman–Crippen LogP) is 3.61. The van der Waals surface area contributed by atoms with E-state index in [0.717, 1.165) is 36.4 Å². The molecule has 0 aliphatic rings. The van der Waals surface area contributed by atoms with Gasteiger partial charge in [0, 0.05) is 6.61 Å². The van der Waals surface area contributed by atoms with E-state index in [2.05, 4.69) is 27.3 Å². The second-order valence-electron chi connectivity index (χ2n) is 9.55. The molecule has 0 aliphatic carbocycles. The average molecular weight is 499 g/mol. The van der Waals surface area contributed by atoms with Gasteiger partial charge >= 0.3 is 0 Å². The molecule has 2 aromatic heterocycles. The molecular weight excluding hydrogens is 460 g/mol. The van der Waals surface area contributed by atoms with Crippen molar-refractivity contribution in [3.63, 3.8) is 0 Å². The Morgan fingerprint density at radius 3 is 2.36 bits per heavy atom. The third-order valence-electron chi connectivity index (χ3n) is 5.43. The maximum absolute atomic E-state index is 10.9. The standard InChI is InChI=1S/C26H38N6O4/c1-5-6-11-34-12-13-35-14-15-36-18-22-17-31(30-29-22)23-9-7-21(8-10-23)16-24(25(33)26(2,3)4)32-20-27-19-28-32/h7-10,16-17,19-20,25,33H,5-6,11-15,18H2,1-4H3. The zero-order valence-corrected chi connectivity index (χ0v) is 21.7. The van der Waals surface area contributed by atoms with Crippen LogP contribution in [0.4, 0.5) is 0 Å². The van der Waals surface area contributed by atoms with Crippen molar-refractivity contribution in [3.05, 3.63) is 54.4 Å². The Kier molecular flexibility index (Phi) is 10.7. The summed E-state index contributed by atoms with van der Waals surface area (Å²) in [4.78, 5) is 4.02. The molecule has 10 nitrogen and oxygen atoms in total. The van der Waals surface area contributed by atoms with Gasteiger partial charge in [0.1, 0.15) is 24.5 Å². The van der Waals surface area contributed by atoms with Crippen LogP contribution in [0.3, 0.4) is 0 Å². The SMILES string of the molecule is CCCCOCCOCCOCc1cn(-c2ccc(C=C(C(O)C(C)(C)C)n3cncn3)cc2)nn1. The minimum absolute atomic E-state index is 0.355. The molecule has 0 fully saturated rings. The third-order valence-corrected chi connectivity index (χ3v) is 5.43. The molecule has 2 heterocycles. The molecule has 36 heavy (non-hydrogen) atoms. The maximum Gasteiger partial charge on any atom is 0.138 e. The number of hydrogen-bond acceptors (Lipinski definition) is 8. The van der Waals surface area contributed by atoms with Gasteiger partial charge in [0.25, 0.3) is 0 Å². The van der Waals surface area contributed by atoms with E-state index < -0.39 is 6.10 Å². The van der Waals surface area contributed by atoms with E-state index in [-0.39, 0.29) is 5.41 Å². The third kappa shape index (κ3) is 8.63. The minimum Gasteiger partial charge on any atom is -0.386 e. The molecule has 3 aromatic rings. The van der Waals surface area contributed by atoms with Crippen molar-refractivity contribution in [1.29, 1.82) is 0 Å². The number of nitrogens with zero attached hydrogens (tertiary/aromatic N) is 6. The van der Waals surface area contributed by atoms with E-state index in [1.54, 1.807) is 15.7 Å². The van der Waals surface area contributed by atoms with Crippen LogP contribution >= 0.6 is 0 Å². The Balaban J connectivity index is 1.50. The summed E-state index contributed by atoms with van der Waals surface area (Å²) in [5, 5.41) is 23.5. The summed E-state index contributed by atoms with van der Waals surface area (Å²) in [7, 11) is 0. The lowest BCUT2D eigenvalue weighted by Crippen LogP contribution is -2.29. The second-order valence-corrected chi connectivity index (χ2v) is 9.55. The first-order valence-corrected chi connectivity index (χ1v) is 12.4. The summed E-state index contributed by atoms with van der Waals surface area (Å²) in [6.07, 6.45) is 8.29. The first-order chi connectivity index (χ1) is 17.4. The molecule has 0 radical (unpaired) electrons. The Hall–Kier alpha value is -2.92. The highest BCUT2D eigenvalue weighted by Crippen LogP contribution is 2.28. The van der Waals surface area contributed by atoms with Crippen LogP contribution in [0.1, 0.15) is 51.8 Å². The van der Waals surface area contributed by atoms with Crippen LogP contribution in [0.2, 0.25) is 0 Å². The van der Waals surface area contributed by atoms with Gasteiger partial charge in [-0.3, -0.25) is 0 Å². The van der Waals surface area contributed by atoms with Gasteiger partial charge in [-0.05, 0) is 35.6 Å². The average Bonchev–Trinajstić information content (AvgIpc) is 3.56. The van der Waals surface area contributed by atoms with Crippen LogP contribution in [0.5, 0.6) is 0 Å². The molecule has 10 heteroatoms. The molecule has 1 aromatic carbocycles. The first-order valence-electron chi connectivity index (χ1n) is 12.4. The zero-order valence-electron chi connectivity index (χ0n) is 21.7. The Labute approximate surface area is 212 Å². The molecule has 0 bridgehead atoms. The Morgan fingerprint density at radius 2 is 1.72 bits per heavy atom. The molecule has 0 spiro atoms. The molecule has 0 saturated heterocycles. The Morgan fingerprint density at radius 1 is 1.03 bits per heavy atom. The van der Waals surface area contributed by atoms with E-state index in [4.69, 9.17) is 14.2 Å². The summed E-state index contributed by atoms with van der Waals surface area (Å²) in [6.45, 7) is 11.4. The van der Waals surface area contributed by atoms with Crippen molar-refractivity contribution < 1.29 is 19.3 Å². The quantitative estimate of drug-likeness (QED) is 0.317. The lowest BCUT2D eigenvalue weighted by atomic mass is 9.86. The topological polar surface area (TPSA) is 109 Å². The van der Waals surface area contributed by atoms with Gasteiger partial charge in [0.05, 0.1) is 50.6 Å².